The van der Waals surface area contributed by atoms with Gasteiger partial charge in [0.2, 0.25) is 0 Å². The Balaban J connectivity index is 2.16. The molecule has 1 unspecified atom stereocenters. The Hall–Kier alpha value is -2.54. The van der Waals surface area contributed by atoms with Crippen molar-refractivity contribution >= 4 is 5.97 Å². The average Bonchev–Trinajstić information content (AvgIpc) is 2.86. The van der Waals surface area contributed by atoms with Gasteiger partial charge in [-0.2, -0.15) is 5.26 Å². The Kier molecular flexibility index (Phi) is 3.67. The van der Waals surface area contributed by atoms with Crippen LogP contribution in [0.1, 0.15) is 29.7 Å². The molecule has 96 valence electrons. The molecule has 4 heteroatoms. The maximum absolute atomic E-state index is 10.9. The quantitative estimate of drug-likeness (QED) is 0.912. The zero-order chi connectivity index (χ0) is 13.8. The zero-order valence-corrected chi connectivity index (χ0v) is 10.6. The summed E-state index contributed by atoms with van der Waals surface area (Å²) in [4.78, 5) is 10.9. The van der Waals surface area contributed by atoms with Crippen molar-refractivity contribution in [1.29, 1.82) is 5.26 Å². The average molecular weight is 254 g/mol. The van der Waals surface area contributed by atoms with Gasteiger partial charge in [0.15, 0.2) is 0 Å². The normalized spacial score (nSPS) is 11.8. The van der Waals surface area contributed by atoms with Crippen LogP contribution in [0.5, 0.6) is 0 Å². The molecule has 0 aliphatic rings. The summed E-state index contributed by atoms with van der Waals surface area (Å²) >= 11 is 0. The van der Waals surface area contributed by atoms with Crippen LogP contribution in [0.4, 0.5) is 0 Å². The van der Waals surface area contributed by atoms with E-state index in [4.69, 9.17) is 10.4 Å². The van der Waals surface area contributed by atoms with Crippen LogP contribution < -0.4 is 0 Å². The van der Waals surface area contributed by atoms with Crippen molar-refractivity contribution in [2.24, 2.45) is 0 Å². The van der Waals surface area contributed by atoms with E-state index in [2.05, 4.69) is 6.07 Å². The first-order valence-corrected chi connectivity index (χ1v) is 5.98. The molecule has 0 saturated carbocycles. The van der Waals surface area contributed by atoms with Crippen molar-refractivity contribution in [3.05, 3.63) is 59.4 Å². The molecule has 0 amide bonds. The van der Waals surface area contributed by atoms with Crippen LogP contribution in [-0.2, 0) is 11.3 Å². The summed E-state index contributed by atoms with van der Waals surface area (Å²) in [5.74, 6) is -1.33. The second kappa shape index (κ2) is 5.40. The molecule has 0 aliphatic carbocycles. The molecule has 0 spiro atoms. The zero-order valence-electron chi connectivity index (χ0n) is 10.6. The predicted octanol–water partition coefficient (Wildman–Crippen LogP) is 2.60. The van der Waals surface area contributed by atoms with Gasteiger partial charge < -0.3 is 9.67 Å². The van der Waals surface area contributed by atoms with Gasteiger partial charge in [0, 0.05) is 12.7 Å². The number of rotatable bonds is 4. The van der Waals surface area contributed by atoms with Crippen LogP contribution in [-0.4, -0.2) is 15.6 Å². The fourth-order valence-electron chi connectivity index (χ4n) is 1.90. The summed E-state index contributed by atoms with van der Waals surface area (Å²) in [7, 11) is 0. The smallest absolute Gasteiger partial charge is 0.310 e. The van der Waals surface area contributed by atoms with Crippen LogP contribution in [0.2, 0.25) is 0 Å². The number of aliphatic carboxylic acids is 1. The fraction of sp³-hybridized carbons (Fsp3) is 0.200. The highest BCUT2D eigenvalue weighted by Crippen LogP contribution is 2.17. The SMILES string of the molecule is CC(C(=O)O)c1ccc(Cn2cccc2C#N)cc1. The number of nitrogens with zero attached hydrogens (tertiary/aromatic N) is 2. The Morgan fingerprint density at radius 1 is 1.37 bits per heavy atom. The van der Waals surface area contributed by atoms with Gasteiger partial charge in [0.1, 0.15) is 11.8 Å². The first-order chi connectivity index (χ1) is 9.11. The number of carbonyl (C=O) groups is 1. The number of benzene rings is 1. The Morgan fingerprint density at radius 3 is 2.63 bits per heavy atom. The third kappa shape index (κ3) is 2.83. The monoisotopic (exact) mass is 254 g/mol. The highest BCUT2D eigenvalue weighted by molar-refractivity contribution is 5.75. The molecule has 0 saturated heterocycles. The van der Waals surface area contributed by atoms with Crippen LogP contribution in [0.3, 0.4) is 0 Å². The van der Waals surface area contributed by atoms with Gasteiger partial charge in [0.05, 0.1) is 5.92 Å². The molecule has 1 N–H and O–H groups in total. The van der Waals surface area contributed by atoms with Gasteiger partial charge in [-0.3, -0.25) is 4.79 Å². The van der Waals surface area contributed by atoms with Crippen molar-refractivity contribution in [2.45, 2.75) is 19.4 Å². The molecule has 0 aliphatic heterocycles. The standard InChI is InChI=1S/C15H14N2O2/c1-11(15(18)19)13-6-4-12(5-7-13)10-17-8-2-3-14(17)9-16/h2-8,11H,10H2,1H3,(H,18,19). The summed E-state index contributed by atoms with van der Waals surface area (Å²) in [5.41, 5.74) is 2.43. The van der Waals surface area contributed by atoms with Gasteiger partial charge >= 0.3 is 5.97 Å². The molecule has 2 rings (SSSR count). The molecule has 4 nitrogen and oxygen atoms in total. The Bertz CT molecular complexity index is 620. The summed E-state index contributed by atoms with van der Waals surface area (Å²) < 4.78 is 1.86. The number of nitriles is 1. The molecule has 1 atom stereocenters. The van der Waals surface area contributed by atoms with Gasteiger partial charge in [-0.1, -0.05) is 24.3 Å². The predicted molar refractivity (Wildman–Crippen MR) is 70.7 cm³/mol. The highest BCUT2D eigenvalue weighted by atomic mass is 16.4. The lowest BCUT2D eigenvalue weighted by molar-refractivity contribution is -0.138. The number of aromatic nitrogens is 1. The molecule has 19 heavy (non-hydrogen) atoms. The third-order valence-corrected chi connectivity index (χ3v) is 3.15. The van der Waals surface area contributed by atoms with Gasteiger partial charge in [-0.25, -0.2) is 0 Å². The van der Waals surface area contributed by atoms with E-state index in [9.17, 15) is 4.79 Å². The Morgan fingerprint density at radius 2 is 2.05 bits per heavy atom. The molecule has 1 aromatic heterocycles. The largest absolute Gasteiger partial charge is 0.481 e. The molecule has 1 heterocycles. The van der Waals surface area contributed by atoms with Crippen molar-refractivity contribution in [1.82, 2.24) is 4.57 Å². The van der Waals surface area contributed by atoms with Crippen molar-refractivity contribution in [3.63, 3.8) is 0 Å². The maximum atomic E-state index is 10.9. The van der Waals surface area contributed by atoms with Gasteiger partial charge in [-0.05, 0) is 30.2 Å². The molecular weight excluding hydrogens is 240 g/mol. The van der Waals surface area contributed by atoms with E-state index in [0.29, 0.717) is 12.2 Å². The first-order valence-electron chi connectivity index (χ1n) is 5.98. The number of hydrogen-bond acceptors (Lipinski definition) is 2. The molecular formula is C15H14N2O2. The summed E-state index contributed by atoms with van der Waals surface area (Å²) in [5, 5.41) is 17.9. The maximum Gasteiger partial charge on any atom is 0.310 e. The van der Waals surface area contributed by atoms with Gasteiger partial charge in [0.25, 0.3) is 0 Å². The van der Waals surface area contributed by atoms with Crippen LogP contribution >= 0.6 is 0 Å². The molecule has 0 bridgehead atoms. The lowest BCUT2D eigenvalue weighted by atomic mass is 10.00. The number of hydrogen-bond donors (Lipinski definition) is 1. The Labute approximate surface area is 111 Å². The lowest BCUT2D eigenvalue weighted by Gasteiger charge is -2.09. The molecule has 0 radical (unpaired) electrons. The number of carboxylic acid groups (broad SMARTS) is 1. The van der Waals surface area contributed by atoms with E-state index in [1.807, 2.05) is 41.1 Å². The van der Waals surface area contributed by atoms with Crippen molar-refractivity contribution in [2.75, 3.05) is 0 Å². The van der Waals surface area contributed by atoms with Crippen LogP contribution in [0.15, 0.2) is 42.6 Å². The first kappa shape index (κ1) is 12.9. The minimum atomic E-state index is -0.829. The van der Waals surface area contributed by atoms with E-state index in [1.54, 1.807) is 13.0 Å². The van der Waals surface area contributed by atoms with Crippen LogP contribution in [0, 0.1) is 11.3 Å². The fourth-order valence-corrected chi connectivity index (χ4v) is 1.90. The summed E-state index contributed by atoms with van der Waals surface area (Å²) in [6.07, 6.45) is 1.85. The highest BCUT2D eigenvalue weighted by Gasteiger charge is 2.13. The van der Waals surface area contributed by atoms with E-state index < -0.39 is 11.9 Å². The van der Waals surface area contributed by atoms with Crippen molar-refractivity contribution < 1.29 is 9.90 Å². The molecule has 1 aromatic carbocycles. The summed E-state index contributed by atoms with van der Waals surface area (Å²) in [6.45, 7) is 2.27. The second-order valence-corrected chi connectivity index (χ2v) is 4.43. The van der Waals surface area contributed by atoms with E-state index >= 15 is 0 Å². The van der Waals surface area contributed by atoms with Crippen molar-refractivity contribution in [3.8, 4) is 6.07 Å². The third-order valence-electron chi connectivity index (χ3n) is 3.15. The van der Waals surface area contributed by atoms with Gasteiger partial charge in [-0.15, -0.1) is 0 Å². The topological polar surface area (TPSA) is 66.0 Å². The summed E-state index contributed by atoms with van der Waals surface area (Å²) in [6, 6.07) is 13.2. The van der Waals surface area contributed by atoms with E-state index in [1.165, 1.54) is 0 Å². The van der Waals surface area contributed by atoms with E-state index in [-0.39, 0.29) is 0 Å². The molecule has 2 aromatic rings. The minimum Gasteiger partial charge on any atom is -0.481 e. The van der Waals surface area contributed by atoms with Crippen LogP contribution in [0.25, 0.3) is 0 Å². The second-order valence-electron chi connectivity index (χ2n) is 4.43. The minimum absolute atomic E-state index is 0.504. The number of carboxylic acids is 1. The lowest BCUT2D eigenvalue weighted by Crippen LogP contribution is -2.07. The molecule has 0 fully saturated rings. The van der Waals surface area contributed by atoms with E-state index in [0.717, 1.165) is 11.1 Å².